The van der Waals surface area contributed by atoms with Gasteiger partial charge in [0.15, 0.2) is 0 Å². The van der Waals surface area contributed by atoms with Gasteiger partial charge in [0.1, 0.15) is 11.9 Å². The van der Waals surface area contributed by atoms with E-state index in [1.807, 2.05) is 13.1 Å². The predicted molar refractivity (Wildman–Crippen MR) is 195 cm³/mol. The standard InChI is InChI=1S/C42H65N3O5/c1-25(2)27-13-18-42(21-33(46)44-24-32-43-23-26(3)45-32)20-19-40(9)28(35(27)42)11-12-30-39(8)16-15-31(50-34(47)22-37(4,5)36(48)49)38(6,7)29(39)14-17-41(30,40)10/h23,27-31,35H,1,11-22,24H2,2-10H3,(H,43,45)(H,44,46)(H,48,49)/t27-,28+,29-,30+,31-,35+,39-,40+,41+,42+/m0/s1. The number of H-pyrrole nitrogens is 1. The molecule has 3 N–H and O–H groups in total. The fourth-order valence-electron chi connectivity index (χ4n) is 13.5. The molecule has 0 saturated heterocycles. The van der Waals surface area contributed by atoms with Crippen LogP contribution in [0.3, 0.4) is 0 Å². The maximum Gasteiger partial charge on any atom is 0.309 e. The number of carbonyl (C=O) groups is 3. The number of hydrogen-bond acceptors (Lipinski definition) is 5. The molecule has 1 aromatic heterocycles. The molecule has 8 nitrogen and oxygen atoms in total. The molecule has 5 fully saturated rings. The number of esters is 1. The van der Waals surface area contributed by atoms with Gasteiger partial charge in [-0.05, 0) is 143 Å². The molecule has 0 unspecified atom stereocenters. The summed E-state index contributed by atoms with van der Waals surface area (Å²) in [5.41, 5.74) is 1.45. The fourth-order valence-corrected chi connectivity index (χ4v) is 13.5. The van der Waals surface area contributed by atoms with Gasteiger partial charge in [-0.2, -0.15) is 0 Å². The molecule has 50 heavy (non-hydrogen) atoms. The summed E-state index contributed by atoms with van der Waals surface area (Å²) in [4.78, 5) is 46.1. The molecular formula is C42H65N3O5. The van der Waals surface area contributed by atoms with Gasteiger partial charge in [-0.3, -0.25) is 14.4 Å². The highest BCUT2D eigenvalue weighted by atomic mass is 16.5. The average Bonchev–Trinajstić information content (AvgIpc) is 3.61. The summed E-state index contributed by atoms with van der Waals surface area (Å²) in [7, 11) is 0. The van der Waals surface area contributed by atoms with Crippen LogP contribution in [0.25, 0.3) is 0 Å². The molecule has 10 atom stereocenters. The highest BCUT2D eigenvalue weighted by Crippen LogP contribution is 2.78. The molecule has 0 bridgehead atoms. The Morgan fingerprint density at radius 1 is 0.980 bits per heavy atom. The number of carbonyl (C=O) groups excluding carboxylic acids is 2. The van der Waals surface area contributed by atoms with Crippen molar-refractivity contribution in [2.45, 2.75) is 152 Å². The lowest BCUT2D eigenvalue weighted by Crippen LogP contribution is -2.67. The number of rotatable bonds is 9. The second kappa shape index (κ2) is 12.5. The fraction of sp³-hybridized carbons (Fsp3) is 0.810. The lowest BCUT2D eigenvalue weighted by Gasteiger charge is -2.73. The molecule has 1 heterocycles. The number of aromatic amines is 1. The highest BCUT2D eigenvalue weighted by molar-refractivity contribution is 5.81. The summed E-state index contributed by atoms with van der Waals surface area (Å²) in [5, 5.41) is 12.8. The summed E-state index contributed by atoms with van der Waals surface area (Å²) < 4.78 is 6.17. The minimum Gasteiger partial charge on any atom is -0.481 e. The molecule has 6 rings (SSSR count). The van der Waals surface area contributed by atoms with Gasteiger partial charge in [0.05, 0.1) is 18.4 Å². The number of carboxylic acids is 1. The number of aryl methyl sites for hydroxylation is 1. The lowest BCUT2D eigenvalue weighted by molar-refractivity contribution is -0.250. The van der Waals surface area contributed by atoms with Crippen LogP contribution in [0.15, 0.2) is 18.3 Å². The number of nitrogens with one attached hydrogen (secondary N) is 2. The van der Waals surface area contributed by atoms with Crippen molar-refractivity contribution in [2.24, 2.45) is 62.1 Å². The quantitative estimate of drug-likeness (QED) is 0.176. The van der Waals surface area contributed by atoms with Crippen molar-refractivity contribution in [3.05, 3.63) is 29.9 Å². The summed E-state index contributed by atoms with van der Waals surface area (Å²) in [5.74, 6) is 2.07. The van der Waals surface area contributed by atoms with E-state index in [0.29, 0.717) is 42.6 Å². The van der Waals surface area contributed by atoms with Crippen LogP contribution in [0.1, 0.15) is 144 Å². The van der Waals surface area contributed by atoms with Crippen molar-refractivity contribution in [3.8, 4) is 0 Å². The van der Waals surface area contributed by atoms with Crippen molar-refractivity contribution in [1.29, 1.82) is 0 Å². The largest absolute Gasteiger partial charge is 0.481 e. The number of amides is 1. The lowest BCUT2D eigenvalue weighted by atomic mass is 9.32. The summed E-state index contributed by atoms with van der Waals surface area (Å²) in [6.07, 6.45) is 13.1. The minimum absolute atomic E-state index is 0.0143. The maximum atomic E-state index is 13.7. The van der Waals surface area contributed by atoms with Crippen molar-refractivity contribution >= 4 is 17.8 Å². The molecule has 0 spiro atoms. The van der Waals surface area contributed by atoms with Gasteiger partial charge < -0.3 is 20.1 Å². The van der Waals surface area contributed by atoms with E-state index < -0.39 is 17.4 Å². The van der Waals surface area contributed by atoms with E-state index in [2.05, 4.69) is 63.4 Å². The Morgan fingerprint density at radius 2 is 1.70 bits per heavy atom. The number of aliphatic carboxylic acids is 1. The molecule has 0 radical (unpaired) electrons. The molecule has 8 heteroatoms. The Morgan fingerprint density at radius 3 is 2.34 bits per heavy atom. The number of carboxylic acid groups (broad SMARTS) is 1. The van der Waals surface area contributed by atoms with Crippen LogP contribution in [0.2, 0.25) is 0 Å². The SMILES string of the molecule is C=C(C)[C@@H]1CC[C@]2(CC(=O)NCc3ncc(C)[nH]3)CC[C@]3(C)[C@H](CC[C@@H]4[C@@]5(C)CC[C@H](OC(=O)CC(C)(C)C(=O)O)C(C)(C)[C@@H]5CC[C@]43C)[C@@H]12. The molecule has 0 aliphatic heterocycles. The van der Waals surface area contributed by atoms with E-state index in [0.717, 1.165) is 50.0 Å². The van der Waals surface area contributed by atoms with Crippen molar-refractivity contribution in [2.75, 3.05) is 0 Å². The Balaban J connectivity index is 1.23. The van der Waals surface area contributed by atoms with Crippen LogP contribution < -0.4 is 5.32 Å². The number of nitrogens with zero attached hydrogens (tertiary/aromatic N) is 1. The minimum atomic E-state index is -1.14. The van der Waals surface area contributed by atoms with E-state index in [9.17, 15) is 19.5 Å². The zero-order valence-electron chi connectivity index (χ0n) is 32.5. The first kappa shape index (κ1) is 37.1. The summed E-state index contributed by atoms with van der Waals surface area (Å²) in [6.45, 7) is 24.8. The van der Waals surface area contributed by atoms with Gasteiger partial charge in [-0.1, -0.05) is 46.8 Å². The van der Waals surface area contributed by atoms with Crippen LogP contribution in [0, 0.1) is 69.0 Å². The molecule has 1 amide bonds. The van der Waals surface area contributed by atoms with E-state index in [4.69, 9.17) is 4.74 Å². The smallest absolute Gasteiger partial charge is 0.309 e. The average molecular weight is 692 g/mol. The number of aromatic nitrogens is 2. The normalized spacial score (nSPS) is 40.4. The first-order valence-electron chi connectivity index (χ1n) is 19.6. The molecule has 278 valence electrons. The Kier molecular flexibility index (Phi) is 9.28. The van der Waals surface area contributed by atoms with Crippen LogP contribution >= 0.6 is 0 Å². The van der Waals surface area contributed by atoms with Crippen LogP contribution in [-0.2, 0) is 25.7 Å². The molecule has 5 aliphatic carbocycles. The molecule has 5 saturated carbocycles. The Hall–Kier alpha value is -2.64. The third-order valence-corrected chi connectivity index (χ3v) is 16.3. The number of fused-ring (bicyclic) bond motifs is 7. The summed E-state index contributed by atoms with van der Waals surface area (Å²) >= 11 is 0. The molecule has 1 aromatic rings. The van der Waals surface area contributed by atoms with E-state index >= 15 is 0 Å². The first-order valence-corrected chi connectivity index (χ1v) is 19.6. The molecule has 0 aromatic carbocycles. The van der Waals surface area contributed by atoms with Gasteiger partial charge in [0.25, 0.3) is 0 Å². The van der Waals surface area contributed by atoms with Gasteiger partial charge in [0.2, 0.25) is 5.91 Å². The topological polar surface area (TPSA) is 121 Å². The van der Waals surface area contributed by atoms with E-state index in [1.165, 1.54) is 31.3 Å². The number of hydrogen-bond donors (Lipinski definition) is 3. The van der Waals surface area contributed by atoms with Gasteiger partial charge in [0, 0.05) is 23.7 Å². The second-order valence-electron chi connectivity index (χ2n) is 19.7. The van der Waals surface area contributed by atoms with Crippen molar-refractivity contribution in [3.63, 3.8) is 0 Å². The molecular weight excluding hydrogens is 626 g/mol. The number of imidazole rings is 1. The second-order valence-corrected chi connectivity index (χ2v) is 19.7. The number of allylic oxidation sites excluding steroid dienone is 1. The predicted octanol–water partition coefficient (Wildman–Crippen LogP) is 8.79. The third-order valence-electron chi connectivity index (χ3n) is 16.3. The van der Waals surface area contributed by atoms with Gasteiger partial charge >= 0.3 is 11.9 Å². The first-order chi connectivity index (χ1) is 23.2. The van der Waals surface area contributed by atoms with Crippen molar-refractivity contribution in [1.82, 2.24) is 15.3 Å². The maximum absolute atomic E-state index is 13.7. The van der Waals surface area contributed by atoms with Crippen LogP contribution in [0.4, 0.5) is 0 Å². The zero-order valence-corrected chi connectivity index (χ0v) is 32.5. The summed E-state index contributed by atoms with van der Waals surface area (Å²) in [6, 6.07) is 0. The van der Waals surface area contributed by atoms with E-state index in [1.54, 1.807) is 13.8 Å². The van der Waals surface area contributed by atoms with Gasteiger partial charge in [-0.25, -0.2) is 4.98 Å². The zero-order chi connectivity index (χ0) is 36.7. The highest BCUT2D eigenvalue weighted by Gasteiger charge is 2.71. The van der Waals surface area contributed by atoms with Crippen LogP contribution in [0.5, 0.6) is 0 Å². The van der Waals surface area contributed by atoms with Gasteiger partial charge in [-0.15, -0.1) is 0 Å². The van der Waals surface area contributed by atoms with E-state index in [-0.39, 0.29) is 45.5 Å². The third kappa shape index (κ3) is 5.77. The van der Waals surface area contributed by atoms with Crippen molar-refractivity contribution < 1.29 is 24.2 Å². The molecule has 5 aliphatic rings. The van der Waals surface area contributed by atoms with Crippen LogP contribution in [-0.4, -0.2) is 39.0 Å². The monoisotopic (exact) mass is 691 g/mol. The number of ether oxygens (including phenoxy) is 1. The Labute approximate surface area is 300 Å². The Bertz CT molecular complexity index is 1530.